The first-order valence-electron chi connectivity index (χ1n) is 10.4. The molecular formula is C21H29N5O6. The van der Waals surface area contributed by atoms with E-state index < -0.39 is 41.8 Å². The lowest BCUT2D eigenvalue weighted by molar-refractivity contribution is -0.143. The molecule has 0 aliphatic carbocycles. The highest BCUT2D eigenvalue weighted by Crippen LogP contribution is 2.18. The molecule has 11 nitrogen and oxygen atoms in total. The van der Waals surface area contributed by atoms with E-state index in [0.717, 1.165) is 0 Å². The first kappa shape index (κ1) is 24.8. The van der Waals surface area contributed by atoms with E-state index in [4.69, 9.17) is 11.5 Å². The number of nitrogens with zero attached hydrogens (tertiary/aromatic N) is 1. The summed E-state index contributed by atoms with van der Waals surface area (Å²) in [5.74, 6) is -3.61. The third-order valence-electron chi connectivity index (χ3n) is 5.26. The van der Waals surface area contributed by atoms with Crippen molar-refractivity contribution >= 4 is 29.6 Å². The van der Waals surface area contributed by atoms with Gasteiger partial charge in [-0.1, -0.05) is 30.3 Å². The van der Waals surface area contributed by atoms with E-state index in [1.54, 1.807) is 30.3 Å². The van der Waals surface area contributed by atoms with Gasteiger partial charge in [0.1, 0.15) is 18.1 Å². The van der Waals surface area contributed by atoms with Crippen molar-refractivity contribution in [3.05, 3.63) is 35.9 Å². The van der Waals surface area contributed by atoms with E-state index in [0.29, 0.717) is 24.9 Å². The highest BCUT2D eigenvalue weighted by Gasteiger charge is 2.36. The van der Waals surface area contributed by atoms with Crippen LogP contribution >= 0.6 is 0 Å². The molecule has 1 heterocycles. The lowest BCUT2D eigenvalue weighted by Crippen LogP contribution is -2.56. The molecule has 7 N–H and O–H groups in total. The number of rotatable bonds is 11. The number of carbonyl (C=O) groups excluding carboxylic acids is 4. The first-order valence-corrected chi connectivity index (χ1v) is 10.4. The number of likely N-dealkylation sites (tertiary alicyclic amines) is 1. The Morgan fingerprint density at radius 1 is 1.09 bits per heavy atom. The number of hydrogen-bond acceptors (Lipinski definition) is 6. The van der Waals surface area contributed by atoms with Gasteiger partial charge in [0.2, 0.25) is 23.6 Å². The molecule has 1 fully saturated rings. The molecule has 0 radical (unpaired) electrons. The number of aliphatic carboxylic acids is 1. The quantitative estimate of drug-likeness (QED) is 0.273. The van der Waals surface area contributed by atoms with Crippen LogP contribution in [0.2, 0.25) is 0 Å². The summed E-state index contributed by atoms with van der Waals surface area (Å²) in [7, 11) is 0. The van der Waals surface area contributed by atoms with Crippen LogP contribution in [0, 0.1) is 0 Å². The fourth-order valence-corrected chi connectivity index (χ4v) is 3.60. The molecule has 0 saturated carbocycles. The molecule has 3 atom stereocenters. The Balaban J connectivity index is 2.11. The number of primary amides is 1. The van der Waals surface area contributed by atoms with Crippen LogP contribution in [0.5, 0.6) is 0 Å². The van der Waals surface area contributed by atoms with Crippen molar-refractivity contribution in [2.24, 2.45) is 11.5 Å². The monoisotopic (exact) mass is 447 g/mol. The van der Waals surface area contributed by atoms with E-state index in [2.05, 4.69) is 10.6 Å². The lowest BCUT2D eigenvalue weighted by Gasteiger charge is -2.26. The summed E-state index contributed by atoms with van der Waals surface area (Å²) < 4.78 is 0. The number of carbonyl (C=O) groups is 5. The van der Waals surface area contributed by atoms with Gasteiger partial charge in [0.25, 0.3) is 0 Å². The number of amides is 4. The summed E-state index contributed by atoms with van der Waals surface area (Å²) in [6.07, 6.45) is 0.764. The van der Waals surface area contributed by atoms with Gasteiger partial charge in [0, 0.05) is 19.4 Å². The van der Waals surface area contributed by atoms with Crippen LogP contribution < -0.4 is 22.1 Å². The van der Waals surface area contributed by atoms with Gasteiger partial charge in [-0.2, -0.15) is 0 Å². The number of carboxylic acid groups (broad SMARTS) is 1. The molecule has 1 aromatic rings. The van der Waals surface area contributed by atoms with Crippen molar-refractivity contribution in [3.63, 3.8) is 0 Å². The third-order valence-corrected chi connectivity index (χ3v) is 5.26. The molecule has 1 aromatic carbocycles. The molecule has 11 heteroatoms. The summed E-state index contributed by atoms with van der Waals surface area (Å²) in [4.78, 5) is 61.9. The largest absolute Gasteiger partial charge is 0.480 e. The number of hydrogen-bond donors (Lipinski definition) is 5. The molecule has 2 rings (SSSR count). The van der Waals surface area contributed by atoms with Gasteiger partial charge >= 0.3 is 5.97 Å². The summed E-state index contributed by atoms with van der Waals surface area (Å²) >= 11 is 0. The smallest absolute Gasteiger partial charge is 0.326 e. The van der Waals surface area contributed by atoms with E-state index in [1.165, 1.54) is 4.90 Å². The van der Waals surface area contributed by atoms with Crippen molar-refractivity contribution in [3.8, 4) is 0 Å². The maximum Gasteiger partial charge on any atom is 0.326 e. The molecular weight excluding hydrogens is 418 g/mol. The fraction of sp³-hybridized carbons (Fsp3) is 0.476. The lowest BCUT2D eigenvalue weighted by atomic mass is 10.0. The number of nitrogens with one attached hydrogen (secondary N) is 2. The minimum atomic E-state index is -1.24. The topological polar surface area (TPSA) is 185 Å². The van der Waals surface area contributed by atoms with Crippen LogP contribution in [0.15, 0.2) is 30.3 Å². The van der Waals surface area contributed by atoms with Gasteiger partial charge in [0.05, 0.1) is 6.54 Å². The second-order valence-electron chi connectivity index (χ2n) is 7.60. The molecule has 32 heavy (non-hydrogen) atoms. The highest BCUT2D eigenvalue weighted by atomic mass is 16.4. The zero-order valence-electron chi connectivity index (χ0n) is 17.7. The summed E-state index contributed by atoms with van der Waals surface area (Å²) in [6.45, 7) is 0.138. The Labute approximate surface area is 185 Å². The predicted octanol–water partition coefficient (Wildman–Crippen LogP) is -1.50. The Kier molecular flexibility index (Phi) is 9.14. The zero-order valence-corrected chi connectivity index (χ0v) is 17.7. The molecule has 4 amide bonds. The molecule has 0 unspecified atom stereocenters. The van der Waals surface area contributed by atoms with Crippen LogP contribution in [-0.4, -0.2) is 70.8 Å². The van der Waals surface area contributed by atoms with Crippen LogP contribution in [0.4, 0.5) is 0 Å². The van der Waals surface area contributed by atoms with Gasteiger partial charge in [0.15, 0.2) is 0 Å². The van der Waals surface area contributed by atoms with E-state index in [-0.39, 0.29) is 31.7 Å². The average molecular weight is 447 g/mol. The molecule has 1 saturated heterocycles. The normalized spacial score (nSPS) is 17.3. The second kappa shape index (κ2) is 11.8. The van der Waals surface area contributed by atoms with Gasteiger partial charge in [-0.25, -0.2) is 4.79 Å². The number of nitrogens with two attached hydrogens (primary N) is 2. The first-order chi connectivity index (χ1) is 15.2. The molecule has 174 valence electrons. The van der Waals surface area contributed by atoms with Crippen LogP contribution in [0.25, 0.3) is 0 Å². The van der Waals surface area contributed by atoms with Gasteiger partial charge in [-0.05, 0) is 24.8 Å². The predicted molar refractivity (Wildman–Crippen MR) is 114 cm³/mol. The maximum absolute atomic E-state index is 12.8. The zero-order chi connectivity index (χ0) is 23.7. The Morgan fingerprint density at radius 3 is 2.38 bits per heavy atom. The van der Waals surface area contributed by atoms with Crippen molar-refractivity contribution in [2.75, 3.05) is 13.1 Å². The molecule has 1 aliphatic heterocycles. The molecule has 0 bridgehead atoms. The number of benzene rings is 1. The standard InChI is InChI=1S/C21H29N5O6/c22-12-18(28)26-10-4-7-16(26)20(30)24-14(8-9-17(23)27)19(29)25-15(21(31)32)11-13-5-2-1-3-6-13/h1-3,5-6,14-16H,4,7-12,22H2,(H2,23,27)(H,24,30)(H,25,29)(H,31,32)/t14-,15-,16-/m0/s1. The minimum absolute atomic E-state index is 0.0415. The van der Waals surface area contributed by atoms with Crippen molar-refractivity contribution in [2.45, 2.75) is 50.2 Å². The minimum Gasteiger partial charge on any atom is -0.480 e. The van der Waals surface area contributed by atoms with Gasteiger partial charge < -0.3 is 32.1 Å². The summed E-state index contributed by atoms with van der Waals surface area (Å²) in [6, 6.07) is 5.55. The van der Waals surface area contributed by atoms with Crippen molar-refractivity contribution in [1.82, 2.24) is 15.5 Å². The highest BCUT2D eigenvalue weighted by molar-refractivity contribution is 5.94. The molecule has 0 spiro atoms. The maximum atomic E-state index is 12.8. The third kappa shape index (κ3) is 7.05. The Hall–Kier alpha value is -3.47. The Bertz CT molecular complexity index is 846. The van der Waals surface area contributed by atoms with Crippen LogP contribution in [-0.2, 0) is 30.4 Å². The van der Waals surface area contributed by atoms with Crippen LogP contribution in [0.3, 0.4) is 0 Å². The van der Waals surface area contributed by atoms with Crippen molar-refractivity contribution < 1.29 is 29.1 Å². The van der Waals surface area contributed by atoms with E-state index >= 15 is 0 Å². The SMILES string of the molecule is NCC(=O)N1CCC[C@H]1C(=O)N[C@@H](CCC(N)=O)C(=O)N[C@@H](Cc1ccccc1)C(=O)O. The number of carboxylic acids is 1. The molecule has 1 aliphatic rings. The molecule has 0 aromatic heterocycles. The Morgan fingerprint density at radius 2 is 1.78 bits per heavy atom. The van der Waals surface area contributed by atoms with Gasteiger partial charge in [-0.3, -0.25) is 19.2 Å². The summed E-state index contributed by atoms with van der Waals surface area (Å²) in [5.41, 5.74) is 11.3. The van der Waals surface area contributed by atoms with Crippen LogP contribution in [0.1, 0.15) is 31.2 Å². The van der Waals surface area contributed by atoms with Gasteiger partial charge in [-0.15, -0.1) is 0 Å². The van der Waals surface area contributed by atoms with E-state index in [1.807, 2.05) is 0 Å². The van der Waals surface area contributed by atoms with Crippen molar-refractivity contribution in [1.29, 1.82) is 0 Å². The average Bonchev–Trinajstić information content (AvgIpc) is 3.26. The second-order valence-corrected chi connectivity index (χ2v) is 7.60. The summed E-state index contributed by atoms with van der Waals surface area (Å²) in [5, 5.41) is 14.5. The fourth-order valence-electron chi connectivity index (χ4n) is 3.60. The van der Waals surface area contributed by atoms with E-state index in [9.17, 15) is 29.1 Å².